The van der Waals surface area contributed by atoms with Crippen molar-refractivity contribution in [2.75, 3.05) is 19.3 Å². The molecule has 8 heteroatoms. The fraction of sp³-hybridized carbons (Fsp3) is 0.625. The van der Waals surface area contributed by atoms with E-state index >= 15 is 0 Å². The van der Waals surface area contributed by atoms with Gasteiger partial charge in [0.2, 0.25) is 10.0 Å². The van der Waals surface area contributed by atoms with Gasteiger partial charge in [-0.15, -0.1) is 0 Å². The van der Waals surface area contributed by atoms with Crippen LogP contribution in [0.5, 0.6) is 5.75 Å². The monoisotopic (exact) mass is 355 g/mol. The Balaban J connectivity index is 1.94. The lowest BCUT2D eigenvalue weighted by molar-refractivity contribution is -0.141. The number of carbonyl (C=O) groups excluding carboxylic acids is 1. The number of ether oxygens (including phenoxy) is 1. The molecule has 1 saturated heterocycles. The molecule has 134 valence electrons. The molecular weight excluding hydrogens is 330 g/mol. The van der Waals surface area contributed by atoms with Crippen molar-refractivity contribution in [3.63, 3.8) is 0 Å². The van der Waals surface area contributed by atoms with E-state index < -0.39 is 16.1 Å². The average molecular weight is 355 g/mol. The second kappa shape index (κ2) is 8.43. The SMILES string of the molecule is CC(Oc1cccnc1)C(=O)N1CCCCC1CCNS(C)(=O)=O. The second-order valence-electron chi connectivity index (χ2n) is 6.09. The lowest BCUT2D eigenvalue weighted by atomic mass is 9.98. The number of nitrogens with zero attached hydrogens (tertiary/aromatic N) is 2. The molecule has 0 saturated carbocycles. The van der Waals surface area contributed by atoms with Gasteiger partial charge in [-0.2, -0.15) is 0 Å². The van der Waals surface area contributed by atoms with Crippen molar-refractivity contribution in [1.82, 2.24) is 14.6 Å². The van der Waals surface area contributed by atoms with E-state index in [9.17, 15) is 13.2 Å². The first kappa shape index (κ1) is 18.7. The normalized spacial score (nSPS) is 19.8. The lowest BCUT2D eigenvalue weighted by Crippen LogP contribution is -2.49. The van der Waals surface area contributed by atoms with Gasteiger partial charge in [0.1, 0.15) is 5.75 Å². The minimum atomic E-state index is -3.20. The highest BCUT2D eigenvalue weighted by Gasteiger charge is 2.30. The van der Waals surface area contributed by atoms with Gasteiger partial charge in [-0.1, -0.05) is 0 Å². The maximum atomic E-state index is 12.7. The van der Waals surface area contributed by atoms with E-state index in [-0.39, 0.29) is 11.9 Å². The van der Waals surface area contributed by atoms with Crippen LogP contribution in [0.15, 0.2) is 24.5 Å². The number of pyridine rings is 1. The summed E-state index contributed by atoms with van der Waals surface area (Å²) in [5.74, 6) is 0.494. The van der Waals surface area contributed by atoms with Gasteiger partial charge in [0, 0.05) is 25.3 Å². The molecular formula is C16H25N3O4S. The average Bonchev–Trinajstić information content (AvgIpc) is 2.54. The first-order valence-corrected chi connectivity index (χ1v) is 10.1. The molecule has 2 rings (SSSR count). The van der Waals surface area contributed by atoms with E-state index in [0.29, 0.717) is 25.3 Å². The van der Waals surface area contributed by atoms with E-state index in [1.165, 1.54) is 0 Å². The molecule has 1 fully saturated rings. The number of nitrogens with one attached hydrogen (secondary N) is 1. The van der Waals surface area contributed by atoms with Crippen molar-refractivity contribution >= 4 is 15.9 Å². The largest absolute Gasteiger partial charge is 0.479 e. The zero-order valence-electron chi connectivity index (χ0n) is 14.1. The number of hydrogen-bond acceptors (Lipinski definition) is 5. The van der Waals surface area contributed by atoms with Gasteiger partial charge in [0.25, 0.3) is 5.91 Å². The van der Waals surface area contributed by atoms with Crippen LogP contribution < -0.4 is 9.46 Å². The molecule has 0 radical (unpaired) electrons. The van der Waals surface area contributed by atoms with Crippen molar-refractivity contribution in [3.05, 3.63) is 24.5 Å². The minimum absolute atomic E-state index is 0.0421. The van der Waals surface area contributed by atoms with Crippen LogP contribution >= 0.6 is 0 Å². The van der Waals surface area contributed by atoms with Crippen molar-refractivity contribution < 1.29 is 17.9 Å². The summed E-state index contributed by atoms with van der Waals surface area (Å²) in [5, 5.41) is 0. The molecule has 0 spiro atoms. The summed E-state index contributed by atoms with van der Waals surface area (Å²) in [7, 11) is -3.20. The predicted octanol–water partition coefficient (Wildman–Crippen LogP) is 1.17. The lowest BCUT2D eigenvalue weighted by Gasteiger charge is -2.37. The quantitative estimate of drug-likeness (QED) is 0.793. The third-order valence-corrected chi connectivity index (χ3v) is 4.78. The topological polar surface area (TPSA) is 88.6 Å². The van der Waals surface area contributed by atoms with Crippen LogP contribution in [0.2, 0.25) is 0 Å². The molecule has 0 aromatic carbocycles. The highest BCUT2D eigenvalue weighted by molar-refractivity contribution is 7.88. The highest BCUT2D eigenvalue weighted by Crippen LogP contribution is 2.21. The Morgan fingerprint density at radius 3 is 2.96 bits per heavy atom. The summed E-state index contributed by atoms with van der Waals surface area (Å²) >= 11 is 0. The van der Waals surface area contributed by atoms with Crippen molar-refractivity contribution in [2.45, 2.75) is 44.8 Å². The van der Waals surface area contributed by atoms with Gasteiger partial charge in [-0.05, 0) is 44.7 Å². The minimum Gasteiger partial charge on any atom is -0.479 e. The molecule has 2 atom stereocenters. The zero-order valence-corrected chi connectivity index (χ0v) is 15.0. The molecule has 1 aromatic heterocycles. The number of aromatic nitrogens is 1. The Morgan fingerprint density at radius 1 is 1.50 bits per heavy atom. The van der Waals surface area contributed by atoms with Gasteiger partial charge >= 0.3 is 0 Å². The number of carbonyl (C=O) groups is 1. The van der Waals surface area contributed by atoms with E-state index in [4.69, 9.17) is 4.74 Å². The second-order valence-corrected chi connectivity index (χ2v) is 7.92. The van der Waals surface area contributed by atoms with Crippen LogP contribution in [0.1, 0.15) is 32.6 Å². The maximum Gasteiger partial charge on any atom is 0.263 e. The van der Waals surface area contributed by atoms with Crippen LogP contribution in [0, 0.1) is 0 Å². The molecule has 2 unspecified atom stereocenters. The van der Waals surface area contributed by atoms with Crippen molar-refractivity contribution in [1.29, 1.82) is 0 Å². The first-order valence-electron chi connectivity index (χ1n) is 8.18. The Bertz CT molecular complexity index is 636. The molecule has 24 heavy (non-hydrogen) atoms. The molecule has 1 N–H and O–H groups in total. The zero-order chi connectivity index (χ0) is 17.6. The number of piperidine rings is 1. The van der Waals surface area contributed by atoms with E-state index in [2.05, 4.69) is 9.71 Å². The summed E-state index contributed by atoms with van der Waals surface area (Å²) in [6.45, 7) is 2.75. The summed E-state index contributed by atoms with van der Waals surface area (Å²) in [6, 6.07) is 3.56. The Morgan fingerprint density at radius 2 is 2.29 bits per heavy atom. The Labute approximate surface area is 143 Å². The molecule has 1 aliphatic rings. The van der Waals surface area contributed by atoms with Crippen LogP contribution in [-0.2, 0) is 14.8 Å². The highest BCUT2D eigenvalue weighted by atomic mass is 32.2. The fourth-order valence-corrected chi connectivity index (χ4v) is 3.40. The molecule has 2 heterocycles. The summed E-state index contributed by atoms with van der Waals surface area (Å²) < 4.78 is 30.5. The van der Waals surface area contributed by atoms with Crippen molar-refractivity contribution in [3.8, 4) is 5.75 Å². The molecule has 0 bridgehead atoms. The third-order valence-electron chi connectivity index (χ3n) is 4.05. The van der Waals surface area contributed by atoms with Crippen LogP contribution in [0.25, 0.3) is 0 Å². The van der Waals surface area contributed by atoms with Gasteiger partial charge in [-0.25, -0.2) is 13.1 Å². The smallest absolute Gasteiger partial charge is 0.263 e. The van der Waals surface area contributed by atoms with Crippen LogP contribution in [0.4, 0.5) is 0 Å². The Kier molecular flexibility index (Phi) is 6.56. The number of sulfonamides is 1. The molecule has 1 aromatic rings. The third kappa shape index (κ3) is 5.76. The summed E-state index contributed by atoms with van der Waals surface area (Å²) in [6.07, 6.45) is 7.27. The molecule has 7 nitrogen and oxygen atoms in total. The van der Waals surface area contributed by atoms with Gasteiger partial charge < -0.3 is 9.64 Å². The number of hydrogen-bond donors (Lipinski definition) is 1. The fourth-order valence-electron chi connectivity index (χ4n) is 2.91. The molecule has 1 aliphatic heterocycles. The van der Waals surface area contributed by atoms with Crippen molar-refractivity contribution in [2.24, 2.45) is 0 Å². The van der Waals surface area contributed by atoms with Gasteiger partial charge in [-0.3, -0.25) is 9.78 Å². The van der Waals surface area contributed by atoms with Gasteiger partial charge in [0.05, 0.1) is 12.5 Å². The van der Waals surface area contributed by atoms with Crippen LogP contribution in [-0.4, -0.2) is 55.7 Å². The Hall–Kier alpha value is -1.67. The number of amides is 1. The number of rotatable bonds is 7. The van der Waals surface area contributed by atoms with E-state index in [1.54, 1.807) is 31.5 Å². The van der Waals surface area contributed by atoms with E-state index in [1.807, 2.05) is 4.90 Å². The molecule has 0 aliphatic carbocycles. The van der Waals surface area contributed by atoms with Crippen LogP contribution in [0.3, 0.4) is 0 Å². The van der Waals surface area contributed by atoms with E-state index in [0.717, 1.165) is 25.5 Å². The first-order chi connectivity index (χ1) is 11.4. The maximum absolute atomic E-state index is 12.7. The number of likely N-dealkylation sites (tertiary alicyclic amines) is 1. The predicted molar refractivity (Wildman–Crippen MR) is 91.1 cm³/mol. The summed E-state index contributed by atoms with van der Waals surface area (Å²) in [4.78, 5) is 18.5. The molecule has 1 amide bonds. The standard InChI is InChI=1S/C16H25N3O4S/c1-13(23-15-7-5-9-17-12-15)16(20)19-11-4-3-6-14(19)8-10-18-24(2,21)22/h5,7,9,12-14,18H,3-4,6,8,10-11H2,1-2H3. The summed E-state index contributed by atoms with van der Waals surface area (Å²) in [5.41, 5.74) is 0. The van der Waals surface area contributed by atoms with Gasteiger partial charge in [0.15, 0.2) is 6.10 Å².